The van der Waals surface area contributed by atoms with E-state index in [2.05, 4.69) is 6.92 Å². The van der Waals surface area contributed by atoms with Crippen LogP contribution in [0.5, 0.6) is 5.75 Å². The van der Waals surface area contributed by atoms with Crippen molar-refractivity contribution in [1.82, 2.24) is 9.80 Å². The van der Waals surface area contributed by atoms with E-state index in [1.165, 1.54) is 4.90 Å². The maximum Gasteiger partial charge on any atom is 0.249 e. The van der Waals surface area contributed by atoms with Crippen molar-refractivity contribution in [1.29, 1.82) is 0 Å². The van der Waals surface area contributed by atoms with E-state index >= 15 is 0 Å². The van der Waals surface area contributed by atoms with Crippen LogP contribution in [0.3, 0.4) is 0 Å². The van der Waals surface area contributed by atoms with Gasteiger partial charge in [0.05, 0.1) is 37.2 Å². The Morgan fingerprint density at radius 3 is 2.41 bits per heavy atom. The van der Waals surface area contributed by atoms with Crippen molar-refractivity contribution in [3.8, 4) is 5.75 Å². The molecule has 2 aromatic rings. The van der Waals surface area contributed by atoms with E-state index < -0.39 is 35.6 Å². The monoisotopic (exact) mass is 599 g/mol. The number of ether oxygens (including phenoxy) is 2. The van der Waals surface area contributed by atoms with Crippen molar-refractivity contribution in [2.24, 2.45) is 11.8 Å². The SMILES string of the molecule is CCCC(C)N1CC=C[C@]23O[C@@H]4C=CCN(c5ccc(OCC)cc5)C(=O)[C@@H]4[C@H]2C(=O)N([C@H](CO)c2ccccc2)C3C1=O. The average molecular weight is 600 g/mol. The third kappa shape index (κ3) is 4.82. The Labute approximate surface area is 258 Å². The minimum atomic E-state index is -1.37. The zero-order valence-electron chi connectivity index (χ0n) is 25.5. The molecule has 1 N–H and O–H groups in total. The molecule has 1 spiro atoms. The molecule has 2 unspecified atom stereocenters. The van der Waals surface area contributed by atoms with Gasteiger partial charge in [-0.2, -0.15) is 0 Å². The Kier molecular flexibility index (Phi) is 8.35. The fourth-order valence-electron chi connectivity index (χ4n) is 7.55. The van der Waals surface area contributed by atoms with E-state index in [0.29, 0.717) is 36.7 Å². The summed E-state index contributed by atoms with van der Waals surface area (Å²) in [7, 11) is 0. The summed E-state index contributed by atoms with van der Waals surface area (Å²) in [6.07, 6.45) is 8.55. The molecule has 4 aliphatic heterocycles. The van der Waals surface area contributed by atoms with E-state index in [-0.39, 0.29) is 30.4 Å². The summed E-state index contributed by atoms with van der Waals surface area (Å²) in [5, 5.41) is 10.7. The number of carbonyl (C=O) groups excluding carboxylic acids is 3. The highest BCUT2D eigenvalue weighted by Gasteiger charge is 2.72. The van der Waals surface area contributed by atoms with Crippen LogP contribution >= 0.6 is 0 Å². The fourth-order valence-corrected chi connectivity index (χ4v) is 7.55. The molecule has 0 aromatic heterocycles. The van der Waals surface area contributed by atoms with Crippen LogP contribution in [0.15, 0.2) is 78.9 Å². The summed E-state index contributed by atoms with van der Waals surface area (Å²) in [6, 6.07) is 14.7. The summed E-state index contributed by atoms with van der Waals surface area (Å²) in [6.45, 7) is 6.87. The molecule has 4 heterocycles. The highest BCUT2D eigenvalue weighted by Crippen LogP contribution is 2.55. The summed E-state index contributed by atoms with van der Waals surface area (Å²) < 4.78 is 12.4. The number of carbonyl (C=O) groups is 3. The molecular formula is C35H41N3O6. The highest BCUT2D eigenvalue weighted by molar-refractivity contribution is 6.04. The number of nitrogens with zero attached hydrogens (tertiary/aromatic N) is 3. The lowest BCUT2D eigenvalue weighted by Crippen LogP contribution is -2.57. The summed E-state index contributed by atoms with van der Waals surface area (Å²) in [5.41, 5.74) is 0.0363. The Bertz CT molecular complexity index is 1440. The maximum atomic E-state index is 14.8. The van der Waals surface area contributed by atoms with Gasteiger partial charge in [-0.1, -0.05) is 68.0 Å². The number of anilines is 1. The minimum Gasteiger partial charge on any atom is -0.494 e. The topological polar surface area (TPSA) is 99.6 Å². The van der Waals surface area contributed by atoms with Crippen molar-refractivity contribution in [3.05, 3.63) is 84.5 Å². The first kappa shape index (κ1) is 30.1. The van der Waals surface area contributed by atoms with Gasteiger partial charge in [-0.25, -0.2) is 0 Å². The first-order valence-corrected chi connectivity index (χ1v) is 15.7. The van der Waals surface area contributed by atoms with Gasteiger partial charge in [0.1, 0.15) is 17.4 Å². The molecule has 0 saturated carbocycles. The van der Waals surface area contributed by atoms with E-state index in [9.17, 15) is 19.5 Å². The van der Waals surface area contributed by atoms with Crippen molar-refractivity contribution >= 4 is 23.4 Å². The Balaban J connectivity index is 1.45. The largest absolute Gasteiger partial charge is 0.494 e. The number of rotatable bonds is 9. The van der Waals surface area contributed by atoms with Crippen LogP contribution < -0.4 is 9.64 Å². The van der Waals surface area contributed by atoms with E-state index in [0.717, 1.165) is 12.8 Å². The molecule has 2 saturated heterocycles. The van der Waals surface area contributed by atoms with Gasteiger partial charge in [-0.05, 0) is 50.1 Å². The average Bonchev–Trinajstić information content (AvgIpc) is 3.34. The van der Waals surface area contributed by atoms with Gasteiger partial charge in [0.15, 0.2) is 0 Å². The molecule has 3 amide bonds. The quantitative estimate of drug-likeness (QED) is 0.439. The molecule has 9 heteroatoms. The third-order valence-corrected chi connectivity index (χ3v) is 9.52. The van der Waals surface area contributed by atoms with Gasteiger partial charge in [0.25, 0.3) is 0 Å². The van der Waals surface area contributed by atoms with Gasteiger partial charge in [0.2, 0.25) is 17.7 Å². The first-order valence-electron chi connectivity index (χ1n) is 15.7. The van der Waals surface area contributed by atoms with Crippen molar-refractivity contribution in [2.45, 2.75) is 63.4 Å². The molecule has 7 atom stereocenters. The van der Waals surface area contributed by atoms with E-state index in [1.54, 1.807) is 4.90 Å². The van der Waals surface area contributed by atoms with Crippen molar-refractivity contribution in [2.75, 3.05) is 31.2 Å². The summed E-state index contributed by atoms with van der Waals surface area (Å²) >= 11 is 0. The number of hydrogen-bond donors (Lipinski definition) is 1. The second-order valence-corrected chi connectivity index (χ2v) is 12.0. The minimum absolute atomic E-state index is 0.0591. The molecule has 2 fully saturated rings. The zero-order valence-corrected chi connectivity index (χ0v) is 25.5. The van der Waals surface area contributed by atoms with Crippen LogP contribution in [0.25, 0.3) is 0 Å². The van der Waals surface area contributed by atoms with Crippen molar-refractivity contribution in [3.63, 3.8) is 0 Å². The van der Waals surface area contributed by atoms with Gasteiger partial charge in [-0.15, -0.1) is 0 Å². The number of fused-ring (bicyclic) bond motifs is 2. The zero-order chi connectivity index (χ0) is 31.0. The summed E-state index contributed by atoms with van der Waals surface area (Å²) in [4.78, 5) is 48.9. The second kappa shape index (κ2) is 12.2. The molecular weight excluding hydrogens is 558 g/mol. The number of aliphatic hydroxyl groups excluding tert-OH is 1. The normalized spacial score (nSPS) is 29.2. The predicted octanol–water partition coefficient (Wildman–Crippen LogP) is 3.89. The third-order valence-electron chi connectivity index (χ3n) is 9.52. The molecule has 2 aromatic carbocycles. The number of amides is 3. The lowest BCUT2D eigenvalue weighted by molar-refractivity contribution is -0.151. The lowest BCUT2D eigenvalue weighted by Gasteiger charge is -2.40. The smallest absolute Gasteiger partial charge is 0.249 e. The van der Waals surface area contributed by atoms with Crippen LogP contribution in [-0.4, -0.2) is 82.7 Å². The lowest BCUT2D eigenvalue weighted by atomic mass is 9.77. The van der Waals surface area contributed by atoms with Gasteiger partial charge >= 0.3 is 0 Å². The van der Waals surface area contributed by atoms with Crippen LogP contribution in [0.1, 0.15) is 45.2 Å². The summed E-state index contributed by atoms with van der Waals surface area (Å²) in [5.74, 6) is -1.91. The Morgan fingerprint density at radius 1 is 0.977 bits per heavy atom. The van der Waals surface area contributed by atoms with E-state index in [4.69, 9.17) is 9.47 Å². The molecule has 0 radical (unpaired) electrons. The standard InChI is InChI=1S/C35H41N3O6/c1-4-11-23(3)36-21-10-19-35-30(33(41)38(31(35)34(36)42)27(22-39)24-12-7-6-8-13-24)29-28(44-35)14-9-20-37(32(29)40)25-15-17-26(18-16-25)43-5-2/h6-10,12-19,23,27-31,39H,4-5,11,20-22H2,1-3H3/t23?,27-,28-,29+,30+,31?,35+/m1/s1. The predicted molar refractivity (Wildman–Crippen MR) is 166 cm³/mol. The fraction of sp³-hybridized carbons (Fsp3) is 0.457. The Morgan fingerprint density at radius 2 is 1.73 bits per heavy atom. The second-order valence-electron chi connectivity index (χ2n) is 12.0. The van der Waals surface area contributed by atoms with E-state index in [1.807, 2.05) is 97.6 Å². The van der Waals surface area contributed by atoms with Gasteiger partial charge in [0, 0.05) is 24.8 Å². The number of aliphatic hydroxyl groups is 1. The van der Waals surface area contributed by atoms with Crippen molar-refractivity contribution < 1.29 is 29.0 Å². The molecule has 44 heavy (non-hydrogen) atoms. The van der Waals surface area contributed by atoms with Crippen LogP contribution in [0.4, 0.5) is 5.69 Å². The molecule has 4 aliphatic rings. The molecule has 232 valence electrons. The molecule has 0 aliphatic carbocycles. The molecule has 9 nitrogen and oxygen atoms in total. The maximum absolute atomic E-state index is 14.8. The first-order chi connectivity index (χ1) is 21.4. The number of hydrogen-bond acceptors (Lipinski definition) is 6. The number of benzene rings is 2. The molecule has 0 bridgehead atoms. The number of likely N-dealkylation sites (tertiary alicyclic amines) is 1. The van der Waals surface area contributed by atoms with Crippen LogP contribution in [0, 0.1) is 11.8 Å². The highest BCUT2D eigenvalue weighted by atomic mass is 16.5. The molecule has 6 rings (SSSR count). The van der Waals surface area contributed by atoms with Crippen LogP contribution in [-0.2, 0) is 19.1 Å². The van der Waals surface area contributed by atoms with Gasteiger partial charge < -0.3 is 29.3 Å². The van der Waals surface area contributed by atoms with Gasteiger partial charge in [-0.3, -0.25) is 14.4 Å². The van der Waals surface area contributed by atoms with Crippen LogP contribution in [0.2, 0.25) is 0 Å². The Hall–Kier alpha value is -3.95.